The van der Waals surface area contributed by atoms with Gasteiger partial charge in [-0.1, -0.05) is 36.4 Å². The Morgan fingerprint density at radius 1 is 0.828 bits per heavy atom. The maximum Gasteiger partial charge on any atom is 0.354 e. The summed E-state index contributed by atoms with van der Waals surface area (Å²) >= 11 is 0. The van der Waals surface area contributed by atoms with E-state index in [4.69, 9.17) is 14.7 Å². The van der Waals surface area contributed by atoms with Gasteiger partial charge in [0.05, 0.1) is 14.2 Å². The summed E-state index contributed by atoms with van der Waals surface area (Å²) in [4.78, 5) is 23.9. The van der Waals surface area contributed by atoms with E-state index >= 15 is 0 Å². The Kier molecular flexibility index (Phi) is 7.29. The summed E-state index contributed by atoms with van der Waals surface area (Å²) in [6, 6.07) is 16.9. The normalized spacial score (nSPS) is 11.0. The van der Waals surface area contributed by atoms with E-state index in [0.717, 1.165) is 0 Å². The number of hydrogen-bond donors (Lipinski definition) is 0. The van der Waals surface area contributed by atoms with Crippen molar-refractivity contribution in [1.82, 2.24) is 0 Å². The van der Waals surface area contributed by atoms with Crippen molar-refractivity contribution in [2.45, 2.75) is 0 Å². The molecule has 0 atom stereocenters. The lowest BCUT2D eigenvalue weighted by atomic mass is 10.1. The molecule has 0 aliphatic heterocycles. The maximum atomic E-state index is 12.4. The van der Waals surface area contributed by atoms with Crippen molar-refractivity contribution in [3.05, 3.63) is 70.8 Å². The number of nitriles is 2. The summed E-state index contributed by atoms with van der Waals surface area (Å²) in [5.41, 5.74) is 0.765. The van der Waals surface area contributed by atoms with Gasteiger partial charge in [0.2, 0.25) is 0 Å². The fourth-order valence-corrected chi connectivity index (χ4v) is 2.28. The van der Waals surface area contributed by atoms with Crippen LogP contribution in [0.15, 0.2) is 59.7 Å². The molecule has 29 heavy (non-hydrogen) atoms. The first-order valence-electron chi connectivity index (χ1n) is 8.29. The molecule has 0 amide bonds. The quantitative estimate of drug-likeness (QED) is 0.323. The van der Waals surface area contributed by atoms with Crippen molar-refractivity contribution in [3.8, 4) is 23.6 Å². The van der Waals surface area contributed by atoms with Crippen LogP contribution in [0, 0.1) is 22.7 Å². The topological polar surface area (TPSA) is 109 Å². The molecule has 0 saturated carbocycles. The van der Waals surface area contributed by atoms with Gasteiger partial charge in [-0.15, -0.1) is 0 Å². The van der Waals surface area contributed by atoms with Gasteiger partial charge in [-0.05, 0) is 35.4 Å². The molecule has 0 spiro atoms. The number of benzene rings is 2. The van der Waals surface area contributed by atoms with Gasteiger partial charge in [-0.2, -0.15) is 10.5 Å². The molecule has 0 fully saturated rings. The van der Waals surface area contributed by atoms with Crippen LogP contribution >= 0.6 is 0 Å². The monoisotopic (exact) mass is 388 g/mol. The minimum absolute atomic E-state index is 0.0837. The fourth-order valence-electron chi connectivity index (χ4n) is 2.28. The van der Waals surface area contributed by atoms with Crippen molar-refractivity contribution in [2.75, 3.05) is 14.2 Å². The number of carbonyl (C=O) groups excluding carboxylic acids is 2. The van der Waals surface area contributed by atoms with E-state index in [1.165, 1.54) is 44.6 Å². The van der Waals surface area contributed by atoms with E-state index in [0.29, 0.717) is 11.1 Å². The van der Waals surface area contributed by atoms with Crippen LogP contribution in [0.1, 0.15) is 11.1 Å². The minimum Gasteiger partial charge on any atom is -0.493 e. The Bertz CT molecular complexity index is 1060. The SMILES string of the molecule is COC(=O)C(C#N)=Cc1ccc(OC(=O)C(C#N)=Cc2ccccc2)c(OC)c1. The van der Waals surface area contributed by atoms with E-state index < -0.39 is 11.9 Å². The predicted octanol–water partition coefficient (Wildman–Crippen LogP) is 3.29. The summed E-state index contributed by atoms with van der Waals surface area (Å²) in [7, 11) is 2.54. The number of hydrogen-bond acceptors (Lipinski definition) is 7. The third-order valence-electron chi connectivity index (χ3n) is 3.68. The predicted molar refractivity (Wildman–Crippen MR) is 104 cm³/mol. The van der Waals surface area contributed by atoms with Crippen molar-refractivity contribution in [3.63, 3.8) is 0 Å². The minimum atomic E-state index is -0.842. The highest BCUT2D eigenvalue weighted by atomic mass is 16.6. The molecule has 0 radical (unpaired) electrons. The van der Waals surface area contributed by atoms with Gasteiger partial charge >= 0.3 is 11.9 Å². The van der Waals surface area contributed by atoms with E-state index in [9.17, 15) is 14.9 Å². The van der Waals surface area contributed by atoms with Gasteiger partial charge in [-0.3, -0.25) is 0 Å². The summed E-state index contributed by atoms with van der Waals surface area (Å²) in [5, 5.41) is 18.3. The highest BCUT2D eigenvalue weighted by Crippen LogP contribution is 2.29. The van der Waals surface area contributed by atoms with Crippen LogP contribution in [-0.2, 0) is 14.3 Å². The van der Waals surface area contributed by atoms with E-state index in [2.05, 4.69) is 4.74 Å². The first kappa shape index (κ1) is 20.9. The van der Waals surface area contributed by atoms with Crippen LogP contribution in [0.4, 0.5) is 0 Å². The van der Waals surface area contributed by atoms with E-state index in [1.807, 2.05) is 12.1 Å². The molecule has 2 aromatic carbocycles. The van der Waals surface area contributed by atoms with Crippen LogP contribution in [0.2, 0.25) is 0 Å². The molecule has 7 heteroatoms. The number of methoxy groups -OCH3 is 2. The first-order chi connectivity index (χ1) is 14.0. The Morgan fingerprint density at radius 2 is 1.45 bits per heavy atom. The smallest absolute Gasteiger partial charge is 0.354 e. The Hall–Kier alpha value is -4.36. The largest absolute Gasteiger partial charge is 0.493 e. The lowest BCUT2D eigenvalue weighted by Crippen LogP contribution is -2.11. The maximum absolute atomic E-state index is 12.4. The average molecular weight is 388 g/mol. The molecule has 0 aromatic heterocycles. The Morgan fingerprint density at radius 3 is 2.03 bits per heavy atom. The van der Waals surface area contributed by atoms with Crippen LogP contribution in [0.5, 0.6) is 11.5 Å². The summed E-state index contributed by atoms with van der Waals surface area (Å²) in [6.07, 6.45) is 2.73. The summed E-state index contributed by atoms with van der Waals surface area (Å²) in [6.45, 7) is 0. The summed E-state index contributed by atoms with van der Waals surface area (Å²) < 4.78 is 15.0. The van der Waals surface area contributed by atoms with Crippen LogP contribution < -0.4 is 9.47 Å². The number of nitrogens with zero attached hydrogens (tertiary/aromatic N) is 2. The molecular formula is C22H16N2O5. The highest BCUT2D eigenvalue weighted by molar-refractivity contribution is 5.99. The van der Waals surface area contributed by atoms with Crippen LogP contribution in [0.25, 0.3) is 12.2 Å². The number of rotatable bonds is 6. The third kappa shape index (κ3) is 5.56. The van der Waals surface area contributed by atoms with Crippen molar-refractivity contribution >= 4 is 24.1 Å². The number of esters is 2. The van der Waals surface area contributed by atoms with Gasteiger partial charge in [0, 0.05) is 0 Å². The van der Waals surface area contributed by atoms with Crippen LogP contribution in [-0.4, -0.2) is 26.2 Å². The molecule has 0 saturated heterocycles. The van der Waals surface area contributed by atoms with E-state index in [1.54, 1.807) is 30.3 Å². The van der Waals surface area contributed by atoms with Gasteiger partial charge in [0.25, 0.3) is 0 Å². The lowest BCUT2D eigenvalue weighted by Gasteiger charge is -2.10. The second-order valence-electron chi connectivity index (χ2n) is 5.54. The molecule has 144 valence electrons. The zero-order chi connectivity index (χ0) is 21.2. The molecule has 0 bridgehead atoms. The molecule has 0 aliphatic rings. The van der Waals surface area contributed by atoms with Crippen molar-refractivity contribution in [1.29, 1.82) is 10.5 Å². The zero-order valence-electron chi connectivity index (χ0n) is 15.7. The molecular weight excluding hydrogens is 372 g/mol. The second kappa shape index (κ2) is 10.1. The number of carbonyl (C=O) groups is 2. The number of ether oxygens (including phenoxy) is 3. The highest BCUT2D eigenvalue weighted by Gasteiger charge is 2.16. The molecule has 0 aliphatic carbocycles. The third-order valence-corrected chi connectivity index (χ3v) is 3.68. The van der Waals surface area contributed by atoms with Gasteiger partial charge in [0.1, 0.15) is 23.3 Å². The van der Waals surface area contributed by atoms with Gasteiger partial charge in [-0.25, -0.2) is 9.59 Å². The van der Waals surface area contributed by atoms with Gasteiger partial charge < -0.3 is 14.2 Å². The standard InChI is InChI=1S/C22H16N2O5/c1-27-20-12-16(11-17(13-23)21(25)28-2)8-9-19(20)29-22(26)18(14-24)10-15-6-4-3-5-7-15/h3-12H,1-2H3. The van der Waals surface area contributed by atoms with E-state index in [-0.39, 0.29) is 22.6 Å². The lowest BCUT2D eigenvalue weighted by molar-refractivity contribution is -0.135. The summed E-state index contributed by atoms with van der Waals surface area (Å²) in [5.74, 6) is -1.34. The molecule has 2 rings (SSSR count). The Labute approximate surface area is 167 Å². The van der Waals surface area contributed by atoms with Crippen molar-refractivity contribution < 1.29 is 23.8 Å². The molecule has 0 N–H and O–H groups in total. The Balaban J connectivity index is 2.29. The first-order valence-corrected chi connectivity index (χ1v) is 8.29. The fraction of sp³-hybridized carbons (Fsp3) is 0.0909. The molecule has 7 nitrogen and oxygen atoms in total. The van der Waals surface area contributed by atoms with Crippen molar-refractivity contribution in [2.24, 2.45) is 0 Å². The molecule has 2 aromatic rings. The molecule has 0 unspecified atom stereocenters. The molecule has 0 heterocycles. The zero-order valence-corrected chi connectivity index (χ0v) is 15.7. The van der Waals surface area contributed by atoms with Crippen LogP contribution in [0.3, 0.4) is 0 Å². The average Bonchev–Trinajstić information content (AvgIpc) is 2.76. The van der Waals surface area contributed by atoms with Gasteiger partial charge in [0.15, 0.2) is 11.5 Å². The second-order valence-corrected chi connectivity index (χ2v) is 5.54.